The average Bonchev–Trinajstić information content (AvgIpc) is 3.26. The van der Waals surface area contributed by atoms with Gasteiger partial charge in [-0.3, -0.25) is 14.4 Å². The quantitative estimate of drug-likeness (QED) is 0.0246. The van der Waals surface area contributed by atoms with Crippen LogP contribution in [0.5, 0.6) is 0 Å². The first kappa shape index (κ1) is 56.8. The predicted molar refractivity (Wildman–Crippen MR) is 260 cm³/mol. The van der Waals surface area contributed by atoms with Gasteiger partial charge in [-0.05, 0) is 44.3 Å². The van der Waals surface area contributed by atoms with E-state index in [4.69, 9.17) is 0 Å². The lowest BCUT2D eigenvalue weighted by molar-refractivity contribution is -0.171. The van der Waals surface area contributed by atoms with Crippen LogP contribution in [-0.2, 0) is 14.4 Å². The summed E-state index contributed by atoms with van der Waals surface area (Å²) >= 11 is 0. The second-order valence-electron chi connectivity index (χ2n) is 15.5. The molecule has 3 unspecified atom stereocenters. The van der Waals surface area contributed by atoms with E-state index in [2.05, 4.69) is 45.1 Å². The number of ketones is 3. The Morgan fingerprint density at radius 2 is 0.721 bits per heavy atom. The van der Waals surface area contributed by atoms with E-state index in [1.165, 1.54) is 102 Å². The van der Waals surface area contributed by atoms with Gasteiger partial charge in [0.25, 0.3) is 0 Å². The summed E-state index contributed by atoms with van der Waals surface area (Å²) in [6.45, 7) is 6.54. The second kappa shape index (κ2) is 42.5. The van der Waals surface area contributed by atoms with E-state index in [0.29, 0.717) is 12.8 Å². The highest BCUT2D eigenvalue weighted by Crippen LogP contribution is 2.23. The van der Waals surface area contributed by atoms with Crippen LogP contribution < -0.4 is 0 Å². The molecule has 0 saturated heterocycles. The molecule has 0 aliphatic rings. The molecule has 0 aromatic carbocycles. The number of carbonyl (C=O) groups is 3. The van der Waals surface area contributed by atoms with E-state index in [9.17, 15) is 29.7 Å². The topological polar surface area (TPSA) is 112 Å². The van der Waals surface area contributed by atoms with Crippen LogP contribution in [0.15, 0.2) is 146 Å². The lowest BCUT2D eigenvalue weighted by atomic mass is 9.81. The smallest absolute Gasteiger partial charge is 0.214 e. The molecule has 0 aliphatic carbocycles. The van der Waals surface area contributed by atoms with Crippen LogP contribution in [0.2, 0.25) is 0 Å². The van der Waals surface area contributed by atoms with E-state index in [0.717, 1.165) is 44.3 Å². The van der Waals surface area contributed by atoms with Gasteiger partial charge in [0.15, 0.2) is 17.3 Å². The summed E-state index contributed by atoms with van der Waals surface area (Å²) in [6, 6.07) is 0. The maximum absolute atomic E-state index is 13.3. The number of unbranched alkanes of at least 4 members (excludes halogenated alkanes) is 18. The molecule has 6 heteroatoms. The molecule has 6 nitrogen and oxygen atoms in total. The highest BCUT2D eigenvalue weighted by atomic mass is 16.4. The average molecular weight is 839 g/mol. The molecule has 0 spiro atoms. The Morgan fingerprint density at radius 1 is 0.410 bits per heavy atom. The molecule has 0 amide bonds. The Bertz CT molecular complexity index is 1490. The predicted octanol–water partition coefficient (Wildman–Crippen LogP) is 13.5. The second-order valence-corrected chi connectivity index (χ2v) is 15.5. The van der Waals surface area contributed by atoms with Gasteiger partial charge >= 0.3 is 0 Å². The minimum Gasteiger partial charge on any atom is -0.386 e. The summed E-state index contributed by atoms with van der Waals surface area (Å²) in [6.07, 6.45) is 62.0. The third-order valence-electron chi connectivity index (χ3n) is 10.1. The first-order valence-electron chi connectivity index (χ1n) is 23.5. The third-order valence-corrected chi connectivity index (χ3v) is 10.1. The number of rotatable bonds is 39. The highest BCUT2D eigenvalue weighted by molar-refractivity contribution is 6.16. The molecule has 3 N–H and O–H groups in total. The molecule has 338 valence electrons. The lowest BCUT2D eigenvalue weighted by Crippen LogP contribution is -2.60. The first-order chi connectivity index (χ1) is 29.8. The number of hydrogen-bond donors (Lipinski definition) is 3. The SMILES string of the molecule is CCCCCCCCCC=CC=CC=CC=CC=CC=CC(=O)C(O)C(O)C(O)(C(=O)C=CC=CC=CC=CC=CC=CCCCCCCCCC)C(=O)CCCCCCC. The van der Waals surface area contributed by atoms with Gasteiger partial charge in [-0.2, -0.15) is 0 Å². The van der Waals surface area contributed by atoms with Crippen molar-refractivity contribution in [3.63, 3.8) is 0 Å². The van der Waals surface area contributed by atoms with Crippen molar-refractivity contribution in [3.05, 3.63) is 146 Å². The zero-order valence-electron chi connectivity index (χ0n) is 38.1. The summed E-state index contributed by atoms with van der Waals surface area (Å²) in [5.74, 6) is -3.01. The van der Waals surface area contributed by atoms with Crippen molar-refractivity contribution in [2.24, 2.45) is 0 Å². The zero-order valence-corrected chi connectivity index (χ0v) is 38.1. The number of allylic oxidation sites excluding steroid dienone is 22. The van der Waals surface area contributed by atoms with Gasteiger partial charge in [0, 0.05) is 6.42 Å². The molecular weight excluding hydrogens is 757 g/mol. The van der Waals surface area contributed by atoms with E-state index in [1.807, 2.05) is 60.8 Å². The maximum Gasteiger partial charge on any atom is 0.214 e. The molecule has 0 fully saturated rings. The Labute approximate surface area is 371 Å². The molecule has 0 aromatic rings. The van der Waals surface area contributed by atoms with Crippen molar-refractivity contribution in [1.82, 2.24) is 0 Å². The molecule has 3 atom stereocenters. The van der Waals surface area contributed by atoms with E-state index in [-0.39, 0.29) is 6.42 Å². The lowest BCUT2D eigenvalue weighted by Gasteiger charge is -2.31. The number of aliphatic hydroxyl groups excluding tert-OH is 2. The number of aliphatic hydroxyl groups is 3. The van der Waals surface area contributed by atoms with Gasteiger partial charge in [-0.25, -0.2) is 0 Å². The molecule has 0 aliphatic heterocycles. The van der Waals surface area contributed by atoms with Gasteiger partial charge in [0.05, 0.1) is 0 Å². The largest absolute Gasteiger partial charge is 0.386 e. The molecule has 0 radical (unpaired) electrons. The van der Waals surface area contributed by atoms with E-state index >= 15 is 0 Å². The van der Waals surface area contributed by atoms with E-state index in [1.54, 1.807) is 36.5 Å². The summed E-state index contributed by atoms with van der Waals surface area (Å²) in [5.41, 5.74) is -2.99. The fourth-order valence-electron chi connectivity index (χ4n) is 6.25. The Balaban J connectivity index is 5.12. The van der Waals surface area contributed by atoms with Crippen LogP contribution in [0.4, 0.5) is 0 Å². The standard InChI is InChI=1S/C55H82O6/c1-4-7-10-13-15-17-19-21-23-25-27-29-31-33-35-37-39-42-44-47-50(56)53(59)54(60)55(61,51(57)48-45-41-12-9-6-3)52(58)49-46-43-40-38-36-34-32-30-28-26-24-22-20-18-16-14-11-8-5-2/h23-40,42-44,46-47,49,53-54,59-61H,4-22,41,45,48H2,1-3H3. The van der Waals surface area contributed by atoms with E-state index < -0.39 is 35.2 Å². The summed E-state index contributed by atoms with van der Waals surface area (Å²) in [4.78, 5) is 39.3. The van der Waals surface area contributed by atoms with Crippen molar-refractivity contribution < 1.29 is 29.7 Å². The normalized spacial score (nSPS) is 15.2. The van der Waals surface area contributed by atoms with Gasteiger partial charge in [0.1, 0.15) is 12.2 Å². The van der Waals surface area contributed by atoms with Crippen LogP contribution >= 0.6 is 0 Å². The monoisotopic (exact) mass is 839 g/mol. The fourth-order valence-corrected chi connectivity index (χ4v) is 6.25. The minimum atomic E-state index is -2.99. The summed E-state index contributed by atoms with van der Waals surface area (Å²) in [7, 11) is 0. The number of carbonyl (C=O) groups excluding carboxylic acids is 3. The Hall–Kier alpha value is -4.23. The molecule has 0 rings (SSSR count). The molecule has 0 heterocycles. The zero-order chi connectivity index (χ0) is 44.9. The van der Waals surface area contributed by atoms with Crippen molar-refractivity contribution in [1.29, 1.82) is 0 Å². The maximum atomic E-state index is 13.3. The van der Waals surface area contributed by atoms with Gasteiger partial charge < -0.3 is 15.3 Å². The third kappa shape index (κ3) is 32.2. The molecule has 61 heavy (non-hydrogen) atoms. The van der Waals surface area contributed by atoms with Gasteiger partial charge in [0.2, 0.25) is 5.60 Å². The summed E-state index contributed by atoms with van der Waals surface area (Å²) < 4.78 is 0. The van der Waals surface area contributed by atoms with Crippen LogP contribution in [0.25, 0.3) is 0 Å². The minimum absolute atomic E-state index is 0.183. The van der Waals surface area contributed by atoms with Crippen LogP contribution in [0, 0.1) is 0 Å². The molecule has 0 saturated carbocycles. The Kier molecular flexibility index (Phi) is 39.5. The molecule has 0 aromatic heterocycles. The van der Waals surface area contributed by atoms with Crippen LogP contribution in [0.1, 0.15) is 162 Å². The van der Waals surface area contributed by atoms with Gasteiger partial charge in [-0.15, -0.1) is 0 Å². The highest BCUT2D eigenvalue weighted by Gasteiger charge is 2.52. The number of hydrogen-bond acceptors (Lipinski definition) is 6. The fraction of sp³-hybridized carbons (Fsp3) is 0.509. The van der Waals surface area contributed by atoms with Crippen molar-refractivity contribution in [3.8, 4) is 0 Å². The number of Topliss-reactive ketones (excluding diaryl/α,β-unsaturated/α-hetero) is 1. The summed E-state index contributed by atoms with van der Waals surface area (Å²) in [5, 5.41) is 33.1. The first-order valence-corrected chi connectivity index (χ1v) is 23.5. The molecule has 0 bridgehead atoms. The van der Waals surface area contributed by atoms with Crippen LogP contribution in [-0.4, -0.2) is 50.5 Å². The van der Waals surface area contributed by atoms with Gasteiger partial charge in [-0.1, -0.05) is 257 Å². The Morgan fingerprint density at radius 3 is 1.11 bits per heavy atom. The van der Waals surface area contributed by atoms with Crippen molar-refractivity contribution >= 4 is 17.3 Å². The van der Waals surface area contributed by atoms with Crippen molar-refractivity contribution in [2.45, 2.75) is 180 Å². The molecular formula is C55H82O6. The van der Waals surface area contributed by atoms with Crippen LogP contribution in [0.3, 0.4) is 0 Å². The van der Waals surface area contributed by atoms with Crippen molar-refractivity contribution in [2.75, 3.05) is 0 Å².